The maximum absolute atomic E-state index is 13.2. The standard InChI is InChI=1S/C22H23FN4O2/c23-16-11-17(24-12-16)13-25-21(28)14-27-22(29)19-9-5-4-8-18(19)20(26-27)10-15-6-2-1-3-7-15/h1-9,16-17,24H,10-14H2,(H,25,28)/t16-,17-/m0/s1. The summed E-state index contributed by atoms with van der Waals surface area (Å²) in [5.74, 6) is -0.315. The highest BCUT2D eigenvalue weighted by molar-refractivity contribution is 5.84. The van der Waals surface area contributed by atoms with Gasteiger partial charge in [-0.3, -0.25) is 9.59 Å². The van der Waals surface area contributed by atoms with Crippen molar-refractivity contribution in [3.8, 4) is 0 Å². The van der Waals surface area contributed by atoms with Crippen LogP contribution in [-0.4, -0.2) is 41.0 Å². The molecule has 0 spiro atoms. The molecular weight excluding hydrogens is 371 g/mol. The third-order valence-corrected chi connectivity index (χ3v) is 5.17. The van der Waals surface area contributed by atoms with Crippen LogP contribution in [0.1, 0.15) is 17.7 Å². The zero-order valence-electron chi connectivity index (χ0n) is 16.0. The lowest BCUT2D eigenvalue weighted by Crippen LogP contribution is -2.40. The van der Waals surface area contributed by atoms with E-state index in [9.17, 15) is 14.0 Å². The van der Waals surface area contributed by atoms with Gasteiger partial charge in [-0.25, -0.2) is 9.07 Å². The number of amides is 1. The van der Waals surface area contributed by atoms with Gasteiger partial charge in [0.2, 0.25) is 5.91 Å². The van der Waals surface area contributed by atoms with Crippen LogP contribution >= 0.6 is 0 Å². The van der Waals surface area contributed by atoms with Gasteiger partial charge in [-0.1, -0.05) is 48.5 Å². The lowest BCUT2D eigenvalue weighted by atomic mass is 10.0. The summed E-state index contributed by atoms with van der Waals surface area (Å²) in [6, 6.07) is 17.1. The van der Waals surface area contributed by atoms with E-state index in [0.29, 0.717) is 31.3 Å². The minimum absolute atomic E-state index is 0.0797. The van der Waals surface area contributed by atoms with Gasteiger partial charge < -0.3 is 10.6 Å². The van der Waals surface area contributed by atoms with Crippen molar-refractivity contribution in [3.63, 3.8) is 0 Å². The summed E-state index contributed by atoms with van der Waals surface area (Å²) >= 11 is 0. The predicted molar refractivity (Wildman–Crippen MR) is 110 cm³/mol. The van der Waals surface area contributed by atoms with Crippen LogP contribution in [-0.2, 0) is 17.8 Å². The molecule has 150 valence electrons. The first-order valence-electron chi connectivity index (χ1n) is 9.77. The fourth-order valence-electron chi connectivity index (χ4n) is 3.69. The van der Waals surface area contributed by atoms with Gasteiger partial charge in [-0.15, -0.1) is 0 Å². The van der Waals surface area contributed by atoms with Gasteiger partial charge in [-0.2, -0.15) is 5.10 Å². The summed E-state index contributed by atoms with van der Waals surface area (Å²) in [5, 5.41) is 11.6. The summed E-state index contributed by atoms with van der Waals surface area (Å²) in [7, 11) is 0. The molecule has 1 amide bonds. The van der Waals surface area contributed by atoms with Gasteiger partial charge >= 0.3 is 0 Å². The Balaban J connectivity index is 1.56. The van der Waals surface area contributed by atoms with Crippen molar-refractivity contribution in [1.82, 2.24) is 20.4 Å². The molecule has 2 aromatic carbocycles. The molecule has 1 saturated heterocycles. The highest BCUT2D eigenvalue weighted by Crippen LogP contribution is 2.17. The molecule has 1 aliphatic rings. The fourth-order valence-corrected chi connectivity index (χ4v) is 3.69. The largest absolute Gasteiger partial charge is 0.353 e. The number of nitrogens with zero attached hydrogens (tertiary/aromatic N) is 2. The Morgan fingerprint density at radius 1 is 1.14 bits per heavy atom. The number of alkyl halides is 1. The summed E-state index contributed by atoms with van der Waals surface area (Å²) in [6.07, 6.45) is 0.0743. The number of carbonyl (C=O) groups is 1. The molecule has 4 rings (SSSR count). The second-order valence-corrected chi connectivity index (χ2v) is 7.36. The van der Waals surface area contributed by atoms with Crippen molar-refractivity contribution in [2.75, 3.05) is 13.1 Å². The van der Waals surface area contributed by atoms with Crippen molar-refractivity contribution >= 4 is 16.7 Å². The third-order valence-electron chi connectivity index (χ3n) is 5.17. The van der Waals surface area contributed by atoms with Crippen LogP contribution in [0.15, 0.2) is 59.4 Å². The zero-order chi connectivity index (χ0) is 20.2. The van der Waals surface area contributed by atoms with E-state index in [1.54, 1.807) is 12.1 Å². The fraction of sp³-hybridized carbons (Fsp3) is 0.318. The molecule has 3 aromatic rings. The number of nitrogens with one attached hydrogen (secondary N) is 2. The molecule has 29 heavy (non-hydrogen) atoms. The number of hydrogen-bond donors (Lipinski definition) is 2. The maximum atomic E-state index is 13.2. The van der Waals surface area contributed by atoms with Gasteiger partial charge in [0, 0.05) is 30.9 Å². The molecule has 1 aromatic heterocycles. The summed E-state index contributed by atoms with van der Waals surface area (Å²) in [5.41, 5.74) is 1.53. The molecule has 0 bridgehead atoms. The molecule has 0 aliphatic carbocycles. The number of rotatable bonds is 6. The van der Waals surface area contributed by atoms with Gasteiger partial charge in [0.15, 0.2) is 0 Å². The molecule has 2 N–H and O–H groups in total. The van der Waals surface area contributed by atoms with Crippen LogP contribution < -0.4 is 16.2 Å². The van der Waals surface area contributed by atoms with Crippen molar-refractivity contribution in [1.29, 1.82) is 0 Å². The van der Waals surface area contributed by atoms with E-state index < -0.39 is 6.17 Å². The van der Waals surface area contributed by atoms with E-state index in [1.165, 1.54) is 4.68 Å². The van der Waals surface area contributed by atoms with Gasteiger partial charge in [0.1, 0.15) is 12.7 Å². The monoisotopic (exact) mass is 394 g/mol. The van der Waals surface area contributed by atoms with E-state index in [1.807, 2.05) is 42.5 Å². The van der Waals surface area contributed by atoms with Crippen LogP contribution in [0.4, 0.5) is 4.39 Å². The zero-order valence-corrected chi connectivity index (χ0v) is 16.0. The predicted octanol–water partition coefficient (Wildman–Crippen LogP) is 1.80. The van der Waals surface area contributed by atoms with E-state index in [2.05, 4.69) is 15.7 Å². The van der Waals surface area contributed by atoms with Crippen molar-refractivity contribution in [2.45, 2.75) is 31.6 Å². The number of benzene rings is 2. The van der Waals surface area contributed by atoms with Crippen LogP contribution in [0.5, 0.6) is 0 Å². The highest BCUT2D eigenvalue weighted by atomic mass is 19.1. The van der Waals surface area contributed by atoms with E-state index in [4.69, 9.17) is 0 Å². The second-order valence-electron chi connectivity index (χ2n) is 7.36. The van der Waals surface area contributed by atoms with Gasteiger partial charge in [0.25, 0.3) is 5.56 Å². The maximum Gasteiger partial charge on any atom is 0.275 e. The Morgan fingerprint density at radius 3 is 2.59 bits per heavy atom. The number of halogens is 1. The van der Waals surface area contributed by atoms with Gasteiger partial charge in [0.05, 0.1) is 11.1 Å². The Hall–Kier alpha value is -3.06. The normalized spacial score (nSPS) is 18.8. The molecular formula is C22H23FN4O2. The number of hydrogen-bond acceptors (Lipinski definition) is 4. The van der Waals surface area contributed by atoms with Crippen molar-refractivity contribution < 1.29 is 9.18 Å². The average molecular weight is 394 g/mol. The van der Waals surface area contributed by atoms with E-state index in [0.717, 1.165) is 16.6 Å². The van der Waals surface area contributed by atoms with Crippen molar-refractivity contribution in [3.05, 3.63) is 76.2 Å². The Bertz CT molecular complexity index is 1070. The Morgan fingerprint density at radius 2 is 1.86 bits per heavy atom. The molecule has 0 saturated carbocycles. The lowest BCUT2D eigenvalue weighted by molar-refractivity contribution is -0.122. The molecule has 2 atom stereocenters. The summed E-state index contributed by atoms with van der Waals surface area (Å²) < 4.78 is 14.5. The van der Waals surface area contributed by atoms with Crippen LogP contribution in [0.25, 0.3) is 10.8 Å². The molecule has 1 aliphatic heterocycles. The first-order valence-corrected chi connectivity index (χ1v) is 9.77. The summed E-state index contributed by atoms with van der Waals surface area (Å²) in [4.78, 5) is 25.2. The summed E-state index contributed by atoms with van der Waals surface area (Å²) in [6.45, 7) is 0.477. The number of fused-ring (bicyclic) bond motifs is 1. The molecule has 0 unspecified atom stereocenters. The van der Waals surface area contributed by atoms with E-state index >= 15 is 0 Å². The topological polar surface area (TPSA) is 76.0 Å². The van der Waals surface area contributed by atoms with Crippen LogP contribution in [0.2, 0.25) is 0 Å². The quantitative estimate of drug-likeness (QED) is 0.669. The van der Waals surface area contributed by atoms with Crippen LogP contribution in [0.3, 0.4) is 0 Å². The minimum atomic E-state index is -0.873. The molecule has 2 heterocycles. The first-order chi connectivity index (χ1) is 14.1. The first kappa shape index (κ1) is 19.3. The highest BCUT2D eigenvalue weighted by Gasteiger charge is 2.23. The molecule has 0 radical (unpaired) electrons. The number of aromatic nitrogens is 2. The van der Waals surface area contributed by atoms with E-state index in [-0.39, 0.29) is 24.1 Å². The van der Waals surface area contributed by atoms with Gasteiger partial charge in [-0.05, 0) is 18.1 Å². The van der Waals surface area contributed by atoms with Crippen LogP contribution in [0, 0.1) is 0 Å². The van der Waals surface area contributed by atoms with Crippen molar-refractivity contribution in [2.24, 2.45) is 0 Å². The molecule has 7 heteroatoms. The molecule has 1 fully saturated rings. The lowest BCUT2D eigenvalue weighted by Gasteiger charge is -2.13. The minimum Gasteiger partial charge on any atom is -0.353 e. The smallest absolute Gasteiger partial charge is 0.275 e. The second kappa shape index (κ2) is 8.53. The molecule has 6 nitrogen and oxygen atoms in total. The third kappa shape index (κ3) is 4.51. The SMILES string of the molecule is O=C(Cn1nc(Cc2ccccc2)c2ccccc2c1=O)NC[C@@H]1C[C@H](F)CN1. The Labute approximate surface area is 167 Å². The average Bonchev–Trinajstić information content (AvgIpc) is 3.16. The Kier molecular flexibility index (Phi) is 5.67. The number of carbonyl (C=O) groups excluding carboxylic acids is 1.